The summed E-state index contributed by atoms with van der Waals surface area (Å²) < 4.78 is 5.60. The summed E-state index contributed by atoms with van der Waals surface area (Å²) in [6.45, 7) is 3.99. The molecule has 4 nitrogen and oxygen atoms in total. The smallest absolute Gasteiger partial charge is 0.275 e. The van der Waals surface area contributed by atoms with Gasteiger partial charge < -0.3 is 10.1 Å². The normalized spacial score (nSPS) is 20.4. The number of rotatable bonds is 4. The van der Waals surface area contributed by atoms with Gasteiger partial charge in [0.2, 0.25) is 0 Å². The van der Waals surface area contributed by atoms with Crippen molar-refractivity contribution in [1.29, 1.82) is 0 Å². The molecule has 21 heavy (non-hydrogen) atoms. The maximum atomic E-state index is 11.9. The number of amidine groups is 1. The van der Waals surface area contributed by atoms with Gasteiger partial charge in [-0.05, 0) is 50.5 Å². The largest absolute Gasteiger partial charge is 0.491 e. The van der Waals surface area contributed by atoms with Crippen LogP contribution in [0.4, 0.5) is 0 Å². The van der Waals surface area contributed by atoms with E-state index < -0.39 is 0 Å². The van der Waals surface area contributed by atoms with Crippen molar-refractivity contribution in [2.45, 2.75) is 39.2 Å². The van der Waals surface area contributed by atoms with E-state index in [2.05, 4.69) is 10.3 Å². The molecule has 1 N–H and O–H groups in total. The van der Waals surface area contributed by atoms with E-state index in [9.17, 15) is 4.79 Å². The number of carbonyl (C=O) groups excluding carboxylic acids is 1. The Bertz CT molecular complexity index is 596. The number of benzene rings is 1. The van der Waals surface area contributed by atoms with Gasteiger partial charge in [0.1, 0.15) is 17.3 Å². The van der Waals surface area contributed by atoms with E-state index in [1.807, 2.05) is 44.2 Å². The molecule has 0 saturated heterocycles. The molecule has 0 unspecified atom stereocenters. The maximum absolute atomic E-state index is 11.9. The molecule has 110 valence electrons. The van der Waals surface area contributed by atoms with Crippen LogP contribution in [-0.2, 0) is 4.79 Å². The van der Waals surface area contributed by atoms with E-state index in [-0.39, 0.29) is 12.0 Å². The first-order valence-corrected chi connectivity index (χ1v) is 7.50. The van der Waals surface area contributed by atoms with E-state index >= 15 is 0 Å². The van der Waals surface area contributed by atoms with Gasteiger partial charge in [-0.3, -0.25) is 4.79 Å². The number of hydrogen-bond donors (Lipinski definition) is 1. The van der Waals surface area contributed by atoms with Crippen LogP contribution in [-0.4, -0.2) is 17.8 Å². The summed E-state index contributed by atoms with van der Waals surface area (Å²) in [6, 6.07) is 7.70. The van der Waals surface area contributed by atoms with Crippen molar-refractivity contribution >= 4 is 17.8 Å². The number of aliphatic imine (C=N–C) groups is 1. The summed E-state index contributed by atoms with van der Waals surface area (Å²) in [7, 11) is 0. The molecule has 1 aromatic rings. The predicted molar refractivity (Wildman–Crippen MR) is 83.1 cm³/mol. The van der Waals surface area contributed by atoms with Gasteiger partial charge in [0.25, 0.3) is 5.91 Å². The minimum atomic E-state index is -0.0978. The summed E-state index contributed by atoms with van der Waals surface area (Å²) in [5, 5.41) is 2.88. The number of ether oxygens (including phenoxy) is 1. The average Bonchev–Trinajstić information content (AvgIpc) is 2.70. The number of hydrogen-bond acceptors (Lipinski definition) is 3. The molecule has 0 bridgehead atoms. The van der Waals surface area contributed by atoms with Crippen molar-refractivity contribution in [3.63, 3.8) is 0 Å². The molecule has 0 radical (unpaired) electrons. The Labute approximate surface area is 124 Å². The lowest BCUT2D eigenvalue weighted by molar-refractivity contribution is -0.115. The van der Waals surface area contributed by atoms with Crippen molar-refractivity contribution in [2.75, 3.05) is 0 Å². The zero-order valence-electron chi connectivity index (χ0n) is 12.4. The molecule has 4 heteroatoms. The quantitative estimate of drug-likeness (QED) is 0.863. The third-order valence-electron chi connectivity index (χ3n) is 3.76. The Morgan fingerprint density at radius 1 is 1.29 bits per heavy atom. The van der Waals surface area contributed by atoms with Crippen LogP contribution in [0.25, 0.3) is 6.08 Å². The number of nitrogens with zero attached hydrogens (tertiary/aromatic N) is 1. The predicted octanol–water partition coefficient (Wildman–Crippen LogP) is 3.14. The molecule has 0 atom stereocenters. The van der Waals surface area contributed by atoms with Gasteiger partial charge in [-0.15, -0.1) is 0 Å². The lowest BCUT2D eigenvalue weighted by atomic mass is 9.84. The first-order chi connectivity index (χ1) is 10.1. The molecule has 1 heterocycles. The summed E-state index contributed by atoms with van der Waals surface area (Å²) in [5.41, 5.74) is 1.45. The van der Waals surface area contributed by atoms with Crippen LogP contribution < -0.4 is 10.1 Å². The first-order valence-electron chi connectivity index (χ1n) is 7.50. The van der Waals surface area contributed by atoms with Crippen LogP contribution in [0.1, 0.15) is 38.7 Å². The van der Waals surface area contributed by atoms with Gasteiger partial charge in [0, 0.05) is 5.92 Å². The lowest BCUT2D eigenvalue weighted by Crippen LogP contribution is -2.33. The van der Waals surface area contributed by atoms with Crippen LogP contribution >= 0.6 is 0 Å². The topological polar surface area (TPSA) is 50.7 Å². The van der Waals surface area contributed by atoms with Gasteiger partial charge >= 0.3 is 0 Å². The van der Waals surface area contributed by atoms with Crippen molar-refractivity contribution in [3.05, 3.63) is 35.5 Å². The highest BCUT2D eigenvalue weighted by molar-refractivity contribution is 6.15. The van der Waals surface area contributed by atoms with Gasteiger partial charge in [0.15, 0.2) is 0 Å². The minimum absolute atomic E-state index is 0.0978. The van der Waals surface area contributed by atoms with Gasteiger partial charge in [0.05, 0.1) is 6.10 Å². The third-order valence-corrected chi connectivity index (χ3v) is 3.76. The Balaban J connectivity index is 1.74. The second-order valence-corrected chi connectivity index (χ2v) is 5.84. The Hall–Kier alpha value is -2.10. The van der Waals surface area contributed by atoms with E-state index in [1.54, 1.807) is 0 Å². The van der Waals surface area contributed by atoms with Crippen LogP contribution in [0, 0.1) is 5.92 Å². The van der Waals surface area contributed by atoms with E-state index in [4.69, 9.17) is 4.74 Å². The Morgan fingerprint density at radius 2 is 2.00 bits per heavy atom. The molecule has 1 aliphatic heterocycles. The molecule has 1 amide bonds. The Kier molecular flexibility index (Phi) is 3.78. The van der Waals surface area contributed by atoms with Crippen LogP contribution in [0.5, 0.6) is 5.75 Å². The van der Waals surface area contributed by atoms with Crippen molar-refractivity contribution in [1.82, 2.24) is 5.32 Å². The van der Waals surface area contributed by atoms with Crippen molar-refractivity contribution < 1.29 is 9.53 Å². The number of amides is 1. The summed E-state index contributed by atoms with van der Waals surface area (Å²) in [5.74, 6) is 2.03. The third kappa shape index (κ3) is 3.15. The lowest BCUT2D eigenvalue weighted by Gasteiger charge is -2.24. The van der Waals surface area contributed by atoms with Crippen LogP contribution in [0.15, 0.2) is 35.0 Å². The zero-order valence-corrected chi connectivity index (χ0v) is 12.4. The summed E-state index contributed by atoms with van der Waals surface area (Å²) in [6.07, 6.45) is 5.47. The fourth-order valence-corrected chi connectivity index (χ4v) is 2.43. The molecular formula is C17H20N2O2. The maximum Gasteiger partial charge on any atom is 0.275 e. The van der Waals surface area contributed by atoms with E-state index in [1.165, 1.54) is 6.42 Å². The average molecular weight is 284 g/mol. The number of nitrogens with one attached hydrogen (secondary N) is 1. The SMILES string of the molecule is CC(C)Oc1ccc(/C=C2/N=C(C3CCC3)NC2=O)cc1. The second kappa shape index (κ2) is 5.72. The van der Waals surface area contributed by atoms with Crippen molar-refractivity contribution in [2.24, 2.45) is 10.9 Å². The molecule has 1 saturated carbocycles. The highest BCUT2D eigenvalue weighted by Gasteiger charge is 2.30. The summed E-state index contributed by atoms with van der Waals surface area (Å²) >= 11 is 0. The highest BCUT2D eigenvalue weighted by atomic mass is 16.5. The second-order valence-electron chi connectivity index (χ2n) is 5.84. The van der Waals surface area contributed by atoms with Gasteiger partial charge in [-0.25, -0.2) is 4.99 Å². The summed E-state index contributed by atoms with van der Waals surface area (Å²) in [4.78, 5) is 16.4. The van der Waals surface area contributed by atoms with E-state index in [0.29, 0.717) is 11.6 Å². The molecule has 0 spiro atoms. The first kappa shape index (κ1) is 13.9. The van der Waals surface area contributed by atoms with Gasteiger partial charge in [-0.1, -0.05) is 18.6 Å². The number of carbonyl (C=O) groups is 1. The molecule has 1 aromatic carbocycles. The van der Waals surface area contributed by atoms with Crippen molar-refractivity contribution in [3.8, 4) is 5.75 Å². The highest BCUT2D eigenvalue weighted by Crippen LogP contribution is 2.29. The molecular weight excluding hydrogens is 264 g/mol. The zero-order chi connectivity index (χ0) is 14.8. The molecule has 1 fully saturated rings. The monoisotopic (exact) mass is 284 g/mol. The van der Waals surface area contributed by atoms with Crippen LogP contribution in [0.3, 0.4) is 0 Å². The standard InChI is InChI=1S/C17H20N2O2/c1-11(2)21-14-8-6-12(7-9-14)10-15-17(20)19-16(18-15)13-4-3-5-13/h6-11,13H,3-5H2,1-2H3,(H,18,19,20)/b15-10+. The fraction of sp³-hybridized carbons (Fsp3) is 0.412. The molecule has 2 aliphatic rings. The minimum Gasteiger partial charge on any atom is -0.491 e. The Morgan fingerprint density at radius 3 is 2.57 bits per heavy atom. The van der Waals surface area contributed by atoms with E-state index in [0.717, 1.165) is 30.0 Å². The van der Waals surface area contributed by atoms with Gasteiger partial charge in [-0.2, -0.15) is 0 Å². The molecule has 3 rings (SSSR count). The fourth-order valence-electron chi connectivity index (χ4n) is 2.43. The molecule has 1 aliphatic carbocycles. The molecule has 0 aromatic heterocycles. The van der Waals surface area contributed by atoms with Crippen LogP contribution in [0.2, 0.25) is 0 Å².